The average molecular weight is 341 g/mol. The molecule has 0 spiro atoms. The van der Waals surface area contributed by atoms with Crippen molar-refractivity contribution in [3.8, 4) is 0 Å². The average Bonchev–Trinajstić information content (AvgIpc) is 2.88. The van der Waals surface area contributed by atoms with Crippen LogP contribution in [0.3, 0.4) is 0 Å². The maximum Gasteiger partial charge on any atom is 0.252 e. The molecular formula is C20H27N3O2. The number of amides is 1. The first-order chi connectivity index (χ1) is 11.9. The molecule has 5 heteroatoms. The molecule has 5 nitrogen and oxygen atoms in total. The van der Waals surface area contributed by atoms with E-state index in [9.17, 15) is 4.79 Å². The van der Waals surface area contributed by atoms with Crippen LogP contribution in [0, 0.1) is 20.8 Å². The van der Waals surface area contributed by atoms with Gasteiger partial charge in [-0.05, 0) is 52.4 Å². The van der Waals surface area contributed by atoms with Crippen LogP contribution in [0.2, 0.25) is 0 Å². The van der Waals surface area contributed by atoms with Crippen LogP contribution in [0.4, 0.5) is 0 Å². The molecule has 1 aliphatic rings. The van der Waals surface area contributed by atoms with Crippen molar-refractivity contribution in [1.82, 2.24) is 15.2 Å². The molecule has 0 radical (unpaired) electrons. The topological polar surface area (TPSA) is 54.5 Å². The van der Waals surface area contributed by atoms with Gasteiger partial charge in [0.25, 0.3) is 5.91 Å². The number of aryl methyl sites for hydroxylation is 2. The molecule has 134 valence electrons. The van der Waals surface area contributed by atoms with Gasteiger partial charge in [0.15, 0.2) is 0 Å². The maximum atomic E-state index is 13.1. The summed E-state index contributed by atoms with van der Waals surface area (Å²) >= 11 is 0. The lowest BCUT2D eigenvalue weighted by Crippen LogP contribution is -2.44. The lowest BCUT2D eigenvalue weighted by Gasteiger charge is -2.21. The summed E-state index contributed by atoms with van der Waals surface area (Å²) in [5, 5.41) is 4.12. The number of rotatable bonds is 4. The highest BCUT2D eigenvalue weighted by atomic mass is 16.5. The summed E-state index contributed by atoms with van der Waals surface area (Å²) in [6.45, 7) is 10.2. The van der Waals surface area contributed by atoms with E-state index in [1.807, 2.05) is 45.9 Å². The van der Waals surface area contributed by atoms with E-state index in [1.165, 1.54) is 0 Å². The first-order valence-electron chi connectivity index (χ1n) is 8.89. The Balaban J connectivity index is 1.96. The van der Waals surface area contributed by atoms with E-state index in [0.29, 0.717) is 6.61 Å². The first-order valence-corrected chi connectivity index (χ1v) is 8.89. The number of benzene rings is 1. The molecular weight excluding hydrogens is 314 g/mol. The van der Waals surface area contributed by atoms with Gasteiger partial charge < -0.3 is 15.0 Å². The maximum absolute atomic E-state index is 13.1. The Morgan fingerprint density at radius 1 is 1.32 bits per heavy atom. The van der Waals surface area contributed by atoms with Gasteiger partial charge in [-0.1, -0.05) is 11.6 Å². The minimum atomic E-state index is -0.0383. The number of ether oxygens (including phenoxy) is 1. The fraction of sp³-hybridized carbons (Fsp3) is 0.500. The minimum Gasteiger partial charge on any atom is -0.375 e. The van der Waals surface area contributed by atoms with Crippen molar-refractivity contribution in [2.24, 2.45) is 0 Å². The molecule has 1 N–H and O–H groups in total. The molecule has 1 aliphatic heterocycles. The van der Waals surface area contributed by atoms with Crippen molar-refractivity contribution in [3.05, 3.63) is 40.6 Å². The van der Waals surface area contributed by atoms with Crippen LogP contribution in [0.1, 0.15) is 34.1 Å². The second-order valence-electron chi connectivity index (χ2n) is 7.01. The Morgan fingerprint density at radius 3 is 2.80 bits per heavy atom. The smallest absolute Gasteiger partial charge is 0.252 e. The highest BCUT2D eigenvalue weighted by Gasteiger charge is 2.33. The molecule has 1 aromatic heterocycles. The van der Waals surface area contributed by atoms with Crippen LogP contribution in [0.15, 0.2) is 18.2 Å². The van der Waals surface area contributed by atoms with Crippen molar-refractivity contribution >= 4 is 16.8 Å². The molecule has 0 saturated carbocycles. The quantitative estimate of drug-likeness (QED) is 0.929. The molecule has 2 atom stereocenters. The predicted octanol–water partition coefficient (Wildman–Crippen LogP) is 2.61. The SMILES string of the molecule is CCO[C@H]1CN(C)C[C@@H]1NC(=O)c1c(C)c(C)nc2ccc(C)cc12. The van der Waals surface area contributed by atoms with Gasteiger partial charge in [0.2, 0.25) is 0 Å². The molecule has 1 saturated heterocycles. The standard InChI is InChI=1S/C20H27N3O2/c1-6-25-18-11-23(5)10-17(18)22-20(24)19-13(3)14(4)21-16-8-7-12(2)9-15(16)19/h7-9,17-18H,6,10-11H2,1-5H3,(H,22,24)/t17-,18-/m0/s1. The van der Waals surface area contributed by atoms with Crippen LogP contribution >= 0.6 is 0 Å². The van der Waals surface area contributed by atoms with Gasteiger partial charge in [-0.25, -0.2) is 0 Å². The molecule has 3 rings (SSSR count). The van der Waals surface area contributed by atoms with Gasteiger partial charge in [-0.15, -0.1) is 0 Å². The van der Waals surface area contributed by atoms with Gasteiger partial charge in [-0.3, -0.25) is 9.78 Å². The Kier molecular flexibility index (Phi) is 5.06. The Hall–Kier alpha value is -1.98. The van der Waals surface area contributed by atoms with Gasteiger partial charge in [0.1, 0.15) is 0 Å². The zero-order chi connectivity index (χ0) is 18.1. The van der Waals surface area contributed by atoms with Gasteiger partial charge in [0, 0.05) is 30.8 Å². The fourth-order valence-corrected chi connectivity index (χ4v) is 3.61. The lowest BCUT2D eigenvalue weighted by atomic mass is 9.99. The number of hydrogen-bond donors (Lipinski definition) is 1. The summed E-state index contributed by atoms with van der Waals surface area (Å²) in [7, 11) is 2.05. The van der Waals surface area contributed by atoms with Crippen molar-refractivity contribution in [2.75, 3.05) is 26.7 Å². The molecule has 1 amide bonds. The van der Waals surface area contributed by atoms with Crippen LogP contribution in [0.25, 0.3) is 10.9 Å². The number of fused-ring (bicyclic) bond motifs is 1. The van der Waals surface area contributed by atoms with Crippen LogP contribution in [0.5, 0.6) is 0 Å². The van der Waals surface area contributed by atoms with E-state index >= 15 is 0 Å². The normalized spacial score (nSPS) is 21.0. The molecule has 1 fully saturated rings. The van der Waals surface area contributed by atoms with Crippen LogP contribution in [-0.2, 0) is 4.74 Å². The monoisotopic (exact) mass is 341 g/mol. The molecule has 2 aromatic rings. The number of carbonyl (C=O) groups excluding carboxylic acids is 1. The number of hydrogen-bond acceptors (Lipinski definition) is 4. The third-order valence-corrected chi connectivity index (χ3v) is 5.00. The summed E-state index contributed by atoms with van der Waals surface area (Å²) in [6, 6.07) is 6.07. The van der Waals surface area contributed by atoms with Gasteiger partial charge in [0.05, 0.1) is 23.2 Å². The number of aromatic nitrogens is 1. The van der Waals surface area contributed by atoms with Gasteiger partial charge >= 0.3 is 0 Å². The molecule has 1 aromatic carbocycles. The summed E-state index contributed by atoms with van der Waals surface area (Å²) < 4.78 is 5.81. The number of carbonyl (C=O) groups is 1. The number of pyridine rings is 1. The van der Waals surface area contributed by atoms with Crippen molar-refractivity contribution in [1.29, 1.82) is 0 Å². The molecule has 0 unspecified atom stereocenters. The first kappa shape index (κ1) is 17.8. The van der Waals surface area contributed by atoms with Crippen molar-refractivity contribution < 1.29 is 9.53 Å². The Bertz CT molecular complexity index is 803. The zero-order valence-corrected chi connectivity index (χ0v) is 15.7. The minimum absolute atomic E-state index is 0.00480. The van der Waals surface area contributed by atoms with Crippen LogP contribution in [-0.4, -0.2) is 54.7 Å². The third-order valence-electron chi connectivity index (χ3n) is 5.00. The Labute approximate surface area is 149 Å². The van der Waals surface area contributed by atoms with E-state index in [-0.39, 0.29) is 18.1 Å². The largest absolute Gasteiger partial charge is 0.375 e. The number of likely N-dealkylation sites (tertiary alicyclic amines) is 1. The Morgan fingerprint density at radius 2 is 2.08 bits per heavy atom. The summed E-state index contributed by atoms with van der Waals surface area (Å²) in [5.41, 5.74) is 4.56. The van der Waals surface area contributed by atoms with Crippen molar-refractivity contribution in [3.63, 3.8) is 0 Å². The predicted molar refractivity (Wildman–Crippen MR) is 100 cm³/mol. The van der Waals surface area contributed by atoms with E-state index < -0.39 is 0 Å². The molecule has 0 bridgehead atoms. The fourth-order valence-electron chi connectivity index (χ4n) is 3.61. The highest BCUT2D eigenvalue weighted by Crippen LogP contribution is 2.24. The van der Waals surface area contributed by atoms with E-state index in [4.69, 9.17) is 4.74 Å². The summed E-state index contributed by atoms with van der Waals surface area (Å²) in [4.78, 5) is 20.0. The zero-order valence-electron chi connectivity index (χ0n) is 15.7. The van der Waals surface area contributed by atoms with Crippen molar-refractivity contribution in [2.45, 2.75) is 39.8 Å². The highest BCUT2D eigenvalue weighted by molar-refractivity contribution is 6.07. The summed E-state index contributed by atoms with van der Waals surface area (Å²) in [6.07, 6.45) is 0.0372. The van der Waals surface area contributed by atoms with Crippen LogP contribution < -0.4 is 5.32 Å². The number of nitrogens with one attached hydrogen (secondary N) is 1. The molecule has 2 heterocycles. The van der Waals surface area contributed by atoms with E-state index in [0.717, 1.165) is 46.4 Å². The van der Waals surface area contributed by atoms with E-state index in [1.54, 1.807) is 0 Å². The molecule has 25 heavy (non-hydrogen) atoms. The summed E-state index contributed by atoms with van der Waals surface area (Å²) in [5.74, 6) is -0.0383. The second-order valence-corrected chi connectivity index (χ2v) is 7.01. The molecule has 0 aliphatic carbocycles. The third kappa shape index (κ3) is 3.53. The van der Waals surface area contributed by atoms with E-state index in [2.05, 4.69) is 22.2 Å². The lowest BCUT2D eigenvalue weighted by molar-refractivity contribution is 0.0513. The second kappa shape index (κ2) is 7.10. The number of nitrogens with zero attached hydrogens (tertiary/aromatic N) is 2. The van der Waals surface area contributed by atoms with Gasteiger partial charge in [-0.2, -0.15) is 0 Å². The number of likely N-dealkylation sites (N-methyl/N-ethyl adjacent to an activating group) is 1.